The third-order valence-electron chi connectivity index (χ3n) is 3.92. The lowest BCUT2D eigenvalue weighted by molar-refractivity contribution is 0.690. The van der Waals surface area contributed by atoms with Crippen molar-refractivity contribution in [3.8, 4) is 0 Å². The van der Waals surface area contributed by atoms with E-state index < -0.39 is 0 Å². The quantitative estimate of drug-likeness (QED) is 0.570. The third kappa shape index (κ3) is 2.37. The van der Waals surface area contributed by atoms with Crippen LogP contribution in [-0.2, 0) is 14.1 Å². The number of fused-ring (bicyclic) bond motifs is 1. The molecule has 0 bridgehead atoms. The Hall–Kier alpha value is -3.29. The van der Waals surface area contributed by atoms with Gasteiger partial charge < -0.3 is 10.3 Å². The van der Waals surface area contributed by atoms with Crippen LogP contribution in [0.15, 0.2) is 43.0 Å². The maximum Gasteiger partial charge on any atom is 0.147 e. The van der Waals surface area contributed by atoms with Gasteiger partial charge in [0.1, 0.15) is 18.1 Å². The van der Waals surface area contributed by atoms with Crippen molar-refractivity contribution in [2.45, 2.75) is 5.92 Å². The fourth-order valence-electron chi connectivity index (χ4n) is 2.74. The number of anilines is 1. The minimum absolute atomic E-state index is 0.242. The molecule has 2 N–H and O–H groups in total. The molecule has 3 aromatic heterocycles. The van der Waals surface area contributed by atoms with Gasteiger partial charge in [-0.25, -0.2) is 4.98 Å². The summed E-state index contributed by atoms with van der Waals surface area (Å²) in [5.41, 5.74) is 9.63. The van der Waals surface area contributed by atoms with E-state index in [2.05, 4.69) is 20.3 Å². The zero-order valence-corrected chi connectivity index (χ0v) is 13.3. The molecular weight excluding hydrogens is 304 g/mol. The maximum absolute atomic E-state index is 5.81. The molecule has 0 aliphatic carbocycles. The van der Waals surface area contributed by atoms with Gasteiger partial charge in [-0.1, -0.05) is 0 Å². The highest BCUT2D eigenvalue weighted by Gasteiger charge is 2.25. The summed E-state index contributed by atoms with van der Waals surface area (Å²) in [4.78, 5) is 9.25. The molecule has 0 amide bonds. The molecule has 8 nitrogen and oxygen atoms in total. The molecule has 1 aromatic carbocycles. The van der Waals surface area contributed by atoms with E-state index in [1.807, 2.05) is 49.1 Å². The summed E-state index contributed by atoms with van der Waals surface area (Å²) in [7, 11) is 3.78. The Morgan fingerprint density at radius 3 is 2.67 bits per heavy atom. The van der Waals surface area contributed by atoms with Crippen molar-refractivity contribution in [3.63, 3.8) is 0 Å². The average Bonchev–Trinajstić information content (AvgIpc) is 3.17. The van der Waals surface area contributed by atoms with E-state index in [0.717, 1.165) is 28.2 Å². The molecular formula is C16H16N8. The van der Waals surface area contributed by atoms with Gasteiger partial charge in [-0.3, -0.25) is 9.67 Å². The standard InChI is InChI=1S/C16H16N8/c1-23-9-19-21-16(23)15(12-5-6-24(2)22-12)14-8-18-13-7-10(17)3-4-11(13)20-14/h3-9,15H,17H2,1-2H3/t15-/m0/s1. The molecule has 4 rings (SSSR count). The largest absolute Gasteiger partial charge is 0.399 e. The van der Waals surface area contributed by atoms with Crippen LogP contribution in [0.4, 0.5) is 5.69 Å². The number of benzene rings is 1. The Morgan fingerprint density at radius 1 is 1.08 bits per heavy atom. The molecule has 8 heteroatoms. The summed E-state index contributed by atoms with van der Waals surface area (Å²) in [5, 5.41) is 12.8. The van der Waals surface area contributed by atoms with E-state index in [4.69, 9.17) is 10.7 Å². The number of nitrogens with two attached hydrogens (primary N) is 1. The second-order valence-corrected chi connectivity index (χ2v) is 5.69. The fraction of sp³-hybridized carbons (Fsp3) is 0.188. The zero-order chi connectivity index (χ0) is 16.7. The summed E-state index contributed by atoms with van der Waals surface area (Å²) in [5.74, 6) is 0.519. The van der Waals surface area contributed by atoms with Gasteiger partial charge in [0.05, 0.1) is 28.6 Å². The summed E-state index contributed by atoms with van der Waals surface area (Å²) in [6, 6.07) is 7.45. The van der Waals surface area contributed by atoms with E-state index in [9.17, 15) is 0 Å². The number of hydrogen-bond acceptors (Lipinski definition) is 6. The van der Waals surface area contributed by atoms with Crippen molar-refractivity contribution in [1.82, 2.24) is 34.5 Å². The molecule has 4 aromatic rings. The van der Waals surface area contributed by atoms with Gasteiger partial charge in [0.2, 0.25) is 0 Å². The number of nitrogens with zero attached hydrogens (tertiary/aromatic N) is 7. The first kappa shape index (κ1) is 14.3. The lowest BCUT2D eigenvalue weighted by atomic mass is 10.0. The molecule has 0 radical (unpaired) electrons. The van der Waals surface area contributed by atoms with Crippen LogP contribution in [0.5, 0.6) is 0 Å². The number of nitrogen functional groups attached to an aromatic ring is 1. The van der Waals surface area contributed by atoms with Gasteiger partial charge in [-0.15, -0.1) is 10.2 Å². The van der Waals surface area contributed by atoms with Gasteiger partial charge in [-0.05, 0) is 24.3 Å². The van der Waals surface area contributed by atoms with Crippen LogP contribution in [0, 0.1) is 0 Å². The molecule has 0 saturated carbocycles. The van der Waals surface area contributed by atoms with Gasteiger partial charge in [0.15, 0.2) is 0 Å². The minimum Gasteiger partial charge on any atom is -0.399 e. The zero-order valence-electron chi connectivity index (χ0n) is 13.3. The monoisotopic (exact) mass is 320 g/mol. The normalized spacial score (nSPS) is 12.6. The summed E-state index contributed by atoms with van der Waals surface area (Å²) >= 11 is 0. The molecule has 0 aliphatic rings. The number of aryl methyl sites for hydroxylation is 2. The van der Waals surface area contributed by atoms with Crippen LogP contribution in [0.25, 0.3) is 11.0 Å². The molecule has 24 heavy (non-hydrogen) atoms. The van der Waals surface area contributed by atoms with Crippen molar-refractivity contribution in [2.24, 2.45) is 14.1 Å². The van der Waals surface area contributed by atoms with E-state index in [1.54, 1.807) is 17.2 Å². The number of aromatic nitrogens is 7. The van der Waals surface area contributed by atoms with Crippen LogP contribution in [0.3, 0.4) is 0 Å². The maximum atomic E-state index is 5.81. The molecule has 3 heterocycles. The predicted molar refractivity (Wildman–Crippen MR) is 89.1 cm³/mol. The number of hydrogen-bond donors (Lipinski definition) is 1. The van der Waals surface area contributed by atoms with Crippen LogP contribution in [-0.4, -0.2) is 34.5 Å². The molecule has 0 unspecified atom stereocenters. The second kappa shape index (κ2) is 5.41. The van der Waals surface area contributed by atoms with Crippen molar-refractivity contribution in [2.75, 3.05) is 5.73 Å². The molecule has 0 aliphatic heterocycles. The summed E-state index contributed by atoms with van der Waals surface area (Å²) in [6.45, 7) is 0. The van der Waals surface area contributed by atoms with Crippen LogP contribution in [0.1, 0.15) is 23.1 Å². The predicted octanol–water partition coefficient (Wildman–Crippen LogP) is 1.25. The molecule has 0 saturated heterocycles. The Balaban J connectivity index is 1.90. The van der Waals surface area contributed by atoms with Gasteiger partial charge >= 0.3 is 0 Å². The van der Waals surface area contributed by atoms with Crippen molar-refractivity contribution >= 4 is 16.7 Å². The minimum atomic E-state index is -0.242. The SMILES string of the molecule is Cn1ccc([C@@H](c2cnc3cc(N)ccc3n2)c2nncn2C)n1. The third-order valence-corrected chi connectivity index (χ3v) is 3.92. The highest BCUT2D eigenvalue weighted by atomic mass is 15.3. The number of rotatable bonds is 3. The van der Waals surface area contributed by atoms with Gasteiger partial charge in [0.25, 0.3) is 0 Å². The molecule has 0 fully saturated rings. The summed E-state index contributed by atoms with van der Waals surface area (Å²) < 4.78 is 3.63. The first-order chi connectivity index (χ1) is 11.6. The van der Waals surface area contributed by atoms with Crippen molar-refractivity contribution < 1.29 is 0 Å². The smallest absolute Gasteiger partial charge is 0.147 e. The highest BCUT2D eigenvalue weighted by molar-refractivity contribution is 5.77. The second-order valence-electron chi connectivity index (χ2n) is 5.69. The topological polar surface area (TPSA) is 100 Å². The first-order valence-corrected chi connectivity index (χ1v) is 7.47. The lowest BCUT2D eigenvalue weighted by Gasteiger charge is -2.14. The highest BCUT2D eigenvalue weighted by Crippen LogP contribution is 2.28. The Morgan fingerprint density at radius 2 is 1.96 bits per heavy atom. The van der Waals surface area contributed by atoms with E-state index >= 15 is 0 Å². The van der Waals surface area contributed by atoms with Crippen LogP contribution >= 0.6 is 0 Å². The van der Waals surface area contributed by atoms with Gasteiger partial charge in [-0.2, -0.15) is 5.10 Å². The molecule has 120 valence electrons. The Kier molecular flexibility index (Phi) is 3.23. The summed E-state index contributed by atoms with van der Waals surface area (Å²) in [6.07, 6.45) is 5.31. The van der Waals surface area contributed by atoms with Gasteiger partial charge in [0, 0.05) is 26.0 Å². The lowest BCUT2D eigenvalue weighted by Crippen LogP contribution is -2.12. The molecule has 0 spiro atoms. The van der Waals surface area contributed by atoms with Crippen LogP contribution in [0.2, 0.25) is 0 Å². The van der Waals surface area contributed by atoms with Crippen molar-refractivity contribution in [3.05, 3.63) is 60.2 Å². The Bertz CT molecular complexity index is 1020. The van der Waals surface area contributed by atoms with E-state index in [0.29, 0.717) is 5.69 Å². The van der Waals surface area contributed by atoms with E-state index in [1.165, 1.54) is 0 Å². The Labute approximate surface area is 138 Å². The fourth-order valence-corrected chi connectivity index (χ4v) is 2.74. The van der Waals surface area contributed by atoms with Crippen LogP contribution < -0.4 is 5.73 Å². The van der Waals surface area contributed by atoms with E-state index in [-0.39, 0.29) is 5.92 Å². The molecule has 1 atom stereocenters. The van der Waals surface area contributed by atoms with Crippen molar-refractivity contribution in [1.29, 1.82) is 0 Å². The average molecular weight is 320 g/mol. The first-order valence-electron chi connectivity index (χ1n) is 7.47.